The van der Waals surface area contributed by atoms with Gasteiger partial charge in [0.2, 0.25) is 0 Å². The van der Waals surface area contributed by atoms with E-state index >= 15 is 0 Å². The fraction of sp³-hybridized carbons (Fsp3) is 0.469. The summed E-state index contributed by atoms with van der Waals surface area (Å²) in [6.45, 7) is 10.3. The molecule has 3 aromatic rings. The van der Waals surface area contributed by atoms with Crippen LogP contribution in [0.3, 0.4) is 0 Å². The highest BCUT2D eigenvalue weighted by Gasteiger charge is 2.33. The number of fused-ring (bicyclic) bond motifs is 5. The van der Waals surface area contributed by atoms with Crippen molar-refractivity contribution < 1.29 is 38.1 Å². The molecule has 2 aromatic carbocycles. The lowest BCUT2D eigenvalue weighted by atomic mass is 9.97. The van der Waals surface area contributed by atoms with Crippen molar-refractivity contribution in [2.45, 2.75) is 77.9 Å². The number of halogens is 1. The van der Waals surface area contributed by atoms with Gasteiger partial charge in [0.25, 0.3) is 5.91 Å². The van der Waals surface area contributed by atoms with E-state index in [-0.39, 0.29) is 37.7 Å². The number of H-pyrrole nitrogens is 1. The number of nitrogens with zero attached hydrogens (tertiary/aromatic N) is 1. The third-order valence-corrected chi connectivity index (χ3v) is 6.80. The molecule has 1 unspecified atom stereocenters. The second kappa shape index (κ2) is 12.7. The molecule has 0 aliphatic carbocycles. The molecule has 0 saturated heterocycles. The van der Waals surface area contributed by atoms with Crippen LogP contribution in [0.25, 0.3) is 22.0 Å². The maximum Gasteiger partial charge on any atom is 0.407 e. The number of aliphatic hydroxyl groups excluding tert-OH is 1. The SMILES string of the molecule is COc1ccc2c(c1)CN(C[C@H](CC(O)CNC(=O)OC(C)(C)C)NC(=O)OC(C)(C)C)C(=O)c1[nH]c3ccc(F)cc3c1-2. The van der Waals surface area contributed by atoms with Crippen molar-refractivity contribution in [3.8, 4) is 16.9 Å². The Kier molecular flexibility index (Phi) is 9.43. The Balaban J connectivity index is 1.65. The largest absolute Gasteiger partial charge is 0.497 e. The van der Waals surface area contributed by atoms with Gasteiger partial charge < -0.3 is 39.8 Å². The summed E-state index contributed by atoms with van der Waals surface area (Å²) in [6, 6.07) is 8.96. The third-order valence-electron chi connectivity index (χ3n) is 6.80. The molecule has 0 radical (unpaired) electrons. The number of alkyl carbamates (subject to hydrolysis) is 2. The third kappa shape index (κ3) is 8.19. The number of hydrogen-bond acceptors (Lipinski definition) is 7. The molecule has 0 saturated carbocycles. The van der Waals surface area contributed by atoms with E-state index in [1.165, 1.54) is 12.1 Å². The fourth-order valence-corrected chi connectivity index (χ4v) is 5.11. The maximum atomic E-state index is 14.3. The number of benzene rings is 2. The molecular weight excluding hydrogens is 571 g/mol. The number of amides is 3. The summed E-state index contributed by atoms with van der Waals surface area (Å²) in [6.07, 6.45) is -2.53. The Morgan fingerprint density at radius 1 is 1.05 bits per heavy atom. The average Bonchev–Trinajstić information content (AvgIpc) is 3.22. The number of aliphatic hydroxyl groups is 1. The second-order valence-electron chi connectivity index (χ2n) is 12.9. The molecule has 1 aromatic heterocycles. The van der Waals surface area contributed by atoms with Gasteiger partial charge >= 0.3 is 12.2 Å². The Bertz CT molecular complexity index is 1540. The number of hydrogen-bond donors (Lipinski definition) is 4. The zero-order valence-electron chi connectivity index (χ0n) is 26.2. The zero-order valence-corrected chi connectivity index (χ0v) is 26.2. The molecule has 3 amide bonds. The summed E-state index contributed by atoms with van der Waals surface area (Å²) < 4.78 is 30.5. The van der Waals surface area contributed by atoms with Crippen LogP contribution < -0.4 is 15.4 Å². The van der Waals surface area contributed by atoms with E-state index < -0.39 is 41.4 Å². The van der Waals surface area contributed by atoms with Crippen LogP contribution in [0.2, 0.25) is 0 Å². The minimum atomic E-state index is -1.09. The van der Waals surface area contributed by atoms with Crippen LogP contribution in [0.4, 0.5) is 14.0 Å². The van der Waals surface area contributed by atoms with E-state index in [1.807, 2.05) is 12.1 Å². The minimum Gasteiger partial charge on any atom is -0.497 e. The Hall–Kier alpha value is -4.32. The van der Waals surface area contributed by atoms with Crippen molar-refractivity contribution in [1.29, 1.82) is 0 Å². The van der Waals surface area contributed by atoms with Crippen LogP contribution in [0.5, 0.6) is 5.75 Å². The van der Waals surface area contributed by atoms with Crippen LogP contribution >= 0.6 is 0 Å². The normalized spacial score (nSPS) is 14.7. The molecular formula is C32H41FN4O7. The highest BCUT2D eigenvalue weighted by atomic mass is 19.1. The molecule has 238 valence electrons. The standard InChI is InChI=1S/C32H41FN4O7/c1-31(2,3)43-29(40)34-15-21(38)14-20(35-30(41)44-32(4,5)6)17-37-16-18-12-22(42-7)9-10-23(18)26-24-13-19(33)8-11-25(24)36-27(26)28(37)39/h8-13,20-21,36,38H,14-17H2,1-7H3,(H,34,40)(H,35,41)/t20-,21?/m0/s1. The van der Waals surface area contributed by atoms with Gasteiger partial charge in [-0.25, -0.2) is 14.0 Å². The minimum absolute atomic E-state index is 0.0125. The Morgan fingerprint density at radius 2 is 1.73 bits per heavy atom. The molecule has 4 N–H and O–H groups in total. The molecule has 11 nitrogen and oxygen atoms in total. The number of carbonyl (C=O) groups is 3. The van der Waals surface area contributed by atoms with Crippen molar-refractivity contribution in [2.75, 3.05) is 20.2 Å². The van der Waals surface area contributed by atoms with Crippen LogP contribution in [0.15, 0.2) is 36.4 Å². The number of aromatic amines is 1. The van der Waals surface area contributed by atoms with Gasteiger partial charge in [-0.2, -0.15) is 0 Å². The van der Waals surface area contributed by atoms with Crippen molar-refractivity contribution in [3.05, 3.63) is 53.5 Å². The zero-order chi connectivity index (χ0) is 32.4. The van der Waals surface area contributed by atoms with Crippen LogP contribution in [-0.4, -0.2) is 76.6 Å². The van der Waals surface area contributed by atoms with Crippen molar-refractivity contribution in [3.63, 3.8) is 0 Å². The predicted octanol–water partition coefficient (Wildman–Crippen LogP) is 5.11. The van der Waals surface area contributed by atoms with Crippen LogP contribution in [0, 0.1) is 5.82 Å². The molecule has 12 heteroatoms. The van der Waals surface area contributed by atoms with E-state index in [1.54, 1.807) is 65.7 Å². The van der Waals surface area contributed by atoms with Gasteiger partial charge in [-0.3, -0.25) is 4.79 Å². The van der Waals surface area contributed by atoms with Gasteiger partial charge in [-0.15, -0.1) is 0 Å². The summed E-state index contributed by atoms with van der Waals surface area (Å²) >= 11 is 0. The van der Waals surface area contributed by atoms with Crippen LogP contribution in [-0.2, 0) is 16.0 Å². The van der Waals surface area contributed by atoms with E-state index in [0.29, 0.717) is 22.2 Å². The lowest BCUT2D eigenvalue weighted by molar-refractivity contribution is 0.0412. The Labute approximate surface area is 256 Å². The van der Waals surface area contributed by atoms with Crippen LogP contribution in [0.1, 0.15) is 64.0 Å². The summed E-state index contributed by atoms with van der Waals surface area (Å²) in [5.74, 6) is -0.222. The smallest absolute Gasteiger partial charge is 0.407 e. The monoisotopic (exact) mass is 612 g/mol. The highest BCUT2D eigenvalue weighted by Crippen LogP contribution is 2.39. The molecule has 4 rings (SSSR count). The molecule has 2 atom stereocenters. The first-order valence-corrected chi connectivity index (χ1v) is 14.4. The van der Waals surface area contributed by atoms with Gasteiger partial charge in [-0.1, -0.05) is 6.07 Å². The van der Waals surface area contributed by atoms with Crippen molar-refractivity contribution in [2.24, 2.45) is 0 Å². The molecule has 44 heavy (non-hydrogen) atoms. The fourth-order valence-electron chi connectivity index (χ4n) is 5.11. The lowest BCUT2D eigenvalue weighted by Crippen LogP contribution is -2.49. The van der Waals surface area contributed by atoms with E-state index in [0.717, 1.165) is 11.1 Å². The first-order valence-electron chi connectivity index (χ1n) is 14.4. The summed E-state index contributed by atoms with van der Waals surface area (Å²) in [4.78, 5) is 43.8. The van der Waals surface area contributed by atoms with E-state index in [2.05, 4.69) is 15.6 Å². The number of nitrogens with one attached hydrogen (secondary N) is 3. The highest BCUT2D eigenvalue weighted by molar-refractivity contribution is 6.11. The first kappa shape index (κ1) is 32.6. The predicted molar refractivity (Wildman–Crippen MR) is 163 cm³/mol. The lowest BCUT2D eigenvalue weighted by Gasteiger charge is -2.30. The summed E-state index contributed by atoms with van der Waals surface area (Å²) in [5.41, 5.74) is 1.45. The van der Waals surface area contributed by atoms with Gasteiger partial charge in [0.15, 0.2) is 0 Å². The molecule has 0 fully saturated rings. The summed E-state index contributed by atoms with van der Waals surface area (Å²) in [5, 5.41) is 16.7. The first-order chi connectivity index (χ1) is 20.5. The summed E-state index contributed by atoms with van der Waals surface area (Å²) in [7, 11) is 1.54. The number of aromatic nitrogens is 1. The second-order valence-corrected chi connectivity index (χ2v) is 12.9. The van der Waals surface area contributed by atoms with Crippen molar-refractivity contribution >= 4 is 29.0 Å². The molecule has 0 spiro atoms. The van der Waals surface area contributed by atoms with Gasteiger partial charge in [-0.05, 0) is 89.4 Å². The number of carbonyl (C=O) groups excluding carboxylic acids is 3. The average molecular weight is 613 g/mol. The topological polar surface area (TPSA) is 142 Å². The van der Waals surface area contributed by atoms with Crippen molar-refractivity contribution in [1.82, 2.24) is 20.5 Å². The Morgan fingerprint density at radius 3 is 2.39 bits per heavy atom. The van der Waals surface area contributed by atoms with Gasteiger partial charge in [0.1, 0.15) is 28.5 Å². The quantitative estimate of drug-likeness (QED) is 0.277. The number of rotatable bonds is 8. The molecule has 0 bridgehead atoms. The number of methoxy groups -OCH3 is 1. The molecule has 1 aliphatic heterocycles. The maximum absolute atomic E-state index is 14.3. The molecule has 2 heterocycles. The van der Waals surface area contributed by atoms with E-state index in [9.17, 15) is 23.9 Å². The number of ether oxygens (including phenoxy) is 3. The van der Waals surface area contributed by atoms with E-state index in [4.69, 9.17) is 14.2 Å². The van der Waals surface area contributed by atoms with Gasteiger partial charge in [0, 0.05) is 36.1 Å². The molecule has 1 aliphatic rings. The van der Waals surface area contributed by atoms with Gasteiger partial charge in [0.05, 0.1) is 19.3 Å².